The van der Waals surface area contributed by atoms with Gasteiger partial charge in [0.25, 0.3) is 5.88 Å². The van der Waals surface area contributed by atoms with E-state index in [1.807, 2.05) is 12.1 Å². The molecule has 1 aliphatic heterocycles. The minimum atomic E-state index is 0.472. The second-order valence-corrected chi connectivity index (χ2v) is 8.70. The third kappa shape index (κ3) is 3.91. The number of H-pyrrole nitrogens is 1. The topological polar surface area (TPSA) is 68.2 Å². The summed E-state index contributed by atoms with van der Waals surface area (Å²) in [7, 11) is 3.25. The Morgan fingerprint density at radius 2 is 1.94 bits per heavy atom. The molecule has 0 amide bonds. The molecule has 8 heteroatoms. The molecule has 4 aromatic heterocycles. The van der Waals surface area contributed by atoms with Crippen LogP contribution in [0, 0.1) is 0 Å². The van der Waals surface area contributed by atoms with Crippen LogP contribution in [0.4, 0.5) is 0 Å². The van der Waals surface area contributed by atoms with E-state index in [-0.39, 0.29) is 0 Å². The van der Waals surface area contributed by atoms with Crippen LogP contribution < -0.4 is 9.47 Å². The number of likely N-dealkylation sites (tertiary alicyclic amines) is 1. The SMILES string of the molecule is COc1cc2c(nc1OC)c(-c1cc3c(Cl)ccnc3[nH]1)cn2CCCN1CCCCC1. The van der Waals surface area contributed by atoms with E-state index in [2.05, 4.69) is 25.6 Å². The minimum Gasteiger partial charge on any atom is -0.491 e. The minimum absolute atomic E-state index is 0.472. The smallest absolute Gasteiger partial charge is 0.257 e. The quantitative estimate of drug-likeness (QED) is 0.420. The van der Waals surface area contributed by atoms with Crippen molar-refractivity contribution >= 4 is 33.7 Å². The van der Waals surface area contributed by atoms with Crippen molar-refractivity contribution < 1.29 is 9.47 Å². The van der Waals surface area contributed by atoms with Gasteiger partial charge in [0.15, 0.2) is 5.75 Å². The molecule has 0 radical (unpaired) electrons. The maximum Gasteiger partial charge on any atom is 0.257 e. The summed E-state index contributed by atoms with van der Waals surface area (Å²) in [6, 6.07) is 5.85. The number of aromatic amines is 1. The number of aromatic nitrogens is 4. The predicted molar refractivity (Wildman–Crippen MR) is 128 cm³/mol. The number of rotatable bonds is 7. The van der Waals surface area contributed by atoms with Gasteiger partial charge in [-0.05, 0) is 51.0 Å². The second-order valence-electron chi connectivity index (χ2n) is 8.30. The van der Waals surface area contributed by atoms with Gasteiger partial charge in [-0.25, -0.2) is 9.97 Å². The van der Waals surface area contributed by atoms with E-state index in [0.29, 0.717) is 16.7 Å². The molecule has 0 unspecified atom stereocenters. The number of aryl methyl sites for hydroxylation is 1. The van der Waals surface area contributed by atoms with Crippen LogP contribution in [-0.2, 0) is 6.54 Å². The molecule has 0 aromatic carbocycles. The summed E-state index contributed by atoms with van der Waals surface area (Å²) < 4.78 is 13.3. The Morgan fingerprint density at radius 1 is 1.09 bits per heavy atom. The summed E-state index contributed by atoms with van der Waals surface area (Å²) in [5, 5.41) is 1.57. The Balaban J connectivity index is 1.54. The van der Waals surface area contributed by atoms with Crippen LogP contribution >= 0.6 is 11.6 Å². The summed E-state index contributed by atoms with van der Waals surface area (Å²) in [5.74, 6) is 1.10. The maximum atomic E-state index is 6.39. The fourth-order valence-electron chi connectivity index (χ4n) is 4.63. The Morgan fingerprint density at radius 3 is 2.69 bits per heavy atom. The van der Waals surface area contributed by atoms with E-state index in [9.17, 15) is 0 Å². The van der Waals surface area contributed by atoms with Crippen molar-refractivity contribution in [1.29, 1.82) is 0 Å². The molecule has 0 spiro atoms. The van der Waals surface area contributed by atoms with Crippen molar-refractivity contribution in [3.8, 4) is 22.9 Å². The van der Waals surface area contributed by atoms with E-state index < -0.39 is 0 Å². The number of hydrogen-bond donors (Lipinski definition) is 1. The fraction of sp³-hybridized carbons (Fsp3) is 0.417. The predicted octanol–water partition coefficient (Wildman–Crippen LogP) is 5.13. The summed E-state index contributed by atoms with van der Waals surface area (Å²) in [4.78, 5) is 15.2. The molecular weight excluding hydrogens is 426 g/mol. The monoisotopic (exact) mass is 453 g/mol. The fourth-order valence-corrected chi connectivity index (χ4v) is 4.83. The van der Waals surface area contributed by atoms with Gasteiger partial charge in [0.1, 0.15) is 11.2 Å². The lowest BCUT2D eigenvalue weighted by Crippen LogP contribution is -2.31. The normalized spacial score (nSPS) is 15.0. The molecule has 0 atom stereocenters. The van der Waals surface area contributed by atoms with Gasteiger partial charge in [0.2, 0.25) is 0 Å². The lowest BCUT2D eigenvalue weighted by molar-refractivity contribution is 0.223. The van der Waals surface area contributed by atoms with Crippen molar-refractivity contribution in [2.24, 2.45) is 0 Å². The van der Waals surface area contributed by atoms with Crippen LogP contribution in [-0.4, -0.2) is 58.3 Å². The summed E-state index contributed by atoms with van der Waals surface area (Å²) in [5.41, 5.74) is 4.57. The highest BCUT2D eigenvalue weighted by Gasteiger charge is 2.19. The Labute approximate surface area is 192 Å². The van der Waals surface area contributed by atoms with E-state index in [1.165, 1.54) is 32.4 Å². The number of nitrogens with zero attached hydrogens (tertiary/aromatic N) is 4. The lowest BCUT2D eigenvalue weighted by atomic mass is 10.1. The van der Waals surface area contributed by atoms with Gasteiger partial charge in [0, 0.05) is 36.0 Å². The van der Waals surface area contributed by atoms with Gasteiger partial charge in [-0.1, -0.05) is 18.0 Å². The molecule has 32 heavy (non-hydrogen) atoms. The molecule has 0 aliphatic carbocycles. The first-order valence-electron chi connectivity index (χ1n) is 11.2. The zero-order valence-electron chi connectivity index (χ0n) is 18.5. The second kappa shape index (κ2) is 9.00. The number of nitrogens with one attached hydrogen (secondary N) is 1. The summed E-state index contributed by atoms with van der Waals surface area (Å²) in [6.07, 6.45) is 8.94. The number of hydrogen-bond acceptors (Lipinski definition) is 5. The molecule has 5 rings (SSSR count). The molecule has 168 valence electrons. The van der Waals surface area contributed by atoms with Crippen LogP contribution in [0.25, 0.3) is 33.3 Å². The maximum absolute atomic E-state index is 6.39. The average molecular weight is 454 g/mol. The first-order chi connectivity index (χ1) is 15.7. The highest BCUT2D eigenvalue weighted by atomic mass is 35.5. The molecule has 1 aliphatic rings. The third-order valence-electron chi connectivity index (χ3n) is 6.29. The molecular formula is C24H28ClN5O2. The van der Waals surface area contributed by atoms with Crippen molar-refractivity contribution in [2.45, 2.75) is 32.2 Å². The molecule has 0 bridgehead atoms. The Bertz CT molecular complexity index is 1240. The van der Waals surface area contributed by atoms with Gasteiger partial charge < -0.3 is 23.9 Å². The van der Waals surface area contributed by atoms with Crippen molar-refractivity contribution in [3.05, 3.63) is 35.6 Å². The van der Waals surface area contributed by atoms with Gasteiger partial charge >= 0.3 is 0 Å². The van der Waals surface area contributed by atoms with Crippen molar-refractivity contribution in [3.63, 3.8) is 0 Å². The van der Waals surface area contributed by atoms with Crippen molar-refractivity contribution in [1.82, 2.24) is 24.4 Å². The molecule has 7 nitrogen and oxygen atoms in total. The number of pyridine rings is 2. The highest BCUT2D eigenvalue weighted by molar-refractivity contribution is 6.35. The van der Waals surface area contributed by atoms with Gasteiger partial charge in [-0.15, -0.1) is 0 Å². The Hall–Kier alpha value is -2.77. The van der Waals surface area contributed by atoms with E-state index >= 15 is 0 Å². The molecule has 5 heterocycles. The zero-order valence-corrected chi connectivity index (χ0v) is 19.3. The van der Waals surface area contributed by atoms with Gasteiger partial charge in [-0.2, -0.15) is 0 Å². The van der Waals surface area contributed by atoms with Crippen LogP contribution in [0.1, 0.15) is 25.7 Å². The molecule has 4 aromatic rings. The van der Waals surface area contributed by atoms with Gasteiger partial charge in [0.05, 0.1) is 30.5 Å². The third-order valence-corrected chi connectivity index (χ3v) is 6.62. The summed E-state index contributed by atoms with van der Waals surface area (Å²) >= 11 is 6.39. The van der Waals surface area contributed by atoms with Crippen LogP contribution in [0.3, 0.4) is 0 Å². The summed E-state index contributed by atoms with van der Waals surface area (Å²) in [6.45, 7) is 4.45. The molecule has 1 saturated heterocycles. The van der Waals surface area contributed by atoms with Gasteiger partial charge in [-0.3, -0.25) is 0 Å². The Kier molecular flexibility index (Phi) is 5.93. The highest BCUT2D eigenvalue weighted by Crippen LogP contribution is 2.37. The van der Waals surface area contributed by atoms with E-state index in [4.69, 9.17) is 26.1 Å². The number of piperidine rings is 1. The molecule has 1 fully saturated rings. The van der Waals surface area contributed by atoms with Crippen LogP contribution in [0.5, 0.6) is 11.6 Å². The lowest BCUT2D eigenvalue weighted by Gasteiger charge is -2.26. The number of halogens is 1. The zero-order chi connectivity index (χ0) is 22.1. The molecule has 1 N–H and O–H groups in total. The largest absolute Gasteiger partial charge is 0.491 e. The van der Waals surface area contributed by atoms with E-state index in [0.717, 1.165) is 52.8 Å². The van der Waals surface area contributed by atoms with Crippen LogP contribution in [0.15, 0.2) is 30.6 Å². The number of ether oxygens (including phenoxy) is 2. The van der Waals surface area contributed by atoms with Crippen molar-refractivity contribution in [2.75, 3.05) is 33.9 Å². The average Bonchev–Trinajstić information content (AvgIpc) is 3.41. The number of fused-ring (bicyclic) bond motifs is 2. The van der Waals surface area contributed by atoms with Crippen LogP contribution in [0.2, 0.25) is 5.02 Å². The number of methoxy groups -OCH3 is 2. The first-order valence-corrected chi connectivity index (χ1v) is 11.5. The first kappa shape index (κ1) is 21.1. The van der Waals surface area contributed by atoms with E-state index in [1.54, 1.807) is 26.5 Å². The molecule has 0 saturated carbocycles. The standard InChI is InChI=1S/C24H28ClN5O2/c1-31-21-14-20-22(28-24(21)32-2)17(19-13-16-18(25)7-8-26-23(16)27-19)15-30(20)12-6-11-29-9-4-3-5-10-29/h7-8,13-15H,3-6,9-12H2,1-2H3,(H,26,27).